The molecule has 2 N–H and O–H groups in total. The van der Waals surface area contributed by atoms with E-state index in [0.29, 0.717) is 23.4 Å². The molecular weight excluding hydrogens is 310 g/mol. The molecule has 0 spiro atoms. The van der Waals surface area contributed by atoms with E-state index in [2.05, 4.69) is 4.98 Å². The van der Waals surface area contributed by atoms with Crippen LogP contribution >= 0.6 is 0 Å². The SMILES string of the molecule is Cc1ccc(S(=O)(=O)N2CCC[C@H]([C@@H](C)N)C2)c2cccnc12. The zero-order chi connectivity index (χ0) is 16.6. The summed E-state index contributed by atoms with van der Waals surface area (Å²) < 4.78 is 27.9. The first kappa shape index (κ1) is 16.4. The van der Waals surface area contributed by atoms with Crippen LogP contribution in [-0.4, -0.2) is 36.8 Å². The number of rotatable bonds is 3. The minimum Gasteiger partial charge on any atom is -0.328 e. The lowest BCUT2D eigenvalue weighted by molar-refractivity contribution is 0.243. The lowest BCUT2D eigenvalue weighted by Gasteiger charge is -2.34. The molecule has 0 amide bonds. The Labute approximate surface area is 137 Å². The number of aryl methyl sites for hydroxylation is 1. The third-order valence-electron chi connectivity index (χ3n) is 4.71. The molecule has 2 heterocycles. The molecule has 1 aromatic heterocycles. The number of hydrogen-bond donors (Lipinski definition) is 1. The maximum Gasteiger partial charge on any atom is 0.243 e. The molecule has 0 aliphatic carbocycles. The Morgan fingerprint density at radius 2 is 2.13 bits per heavy atom. The molecule has 3 rings (SSSR count). The van der Waals surface area contributed by atoms with Crippen LogP contribution in [0.4, 0.5) is 0 Å². The van der Waals surface area contributed by atoms with E-state index < -0.39 is 10.0 Å². The van der Waals surface area contributed by atoms with Gasteiger partial charge in [0.15, 0.2) is 0 Å². The van der Waals surface area contributed by atoms with Crippen molar-refractivity contribution in [1.29, 1.82) is 0 Å². The average molecular weight is 333 g/mol. The van der Waals surface area contributed by atoms with Crippen LogP contribution in [0.2, 0.25) is 0 Å². The van der Waals surface area contributed by atoms with Crippen molar-refractivity contribution in [2.24, 2.45) is 11.7 Å². The molecule has 0 saturated carbocycles. The van der Waals surface area contributed by atoms with Gasteiger partial charge in [-0.25, -0.2) is 8.42 Å². The molecule has 2 aromatic rings. The van der Waals surface area contributed by atoms with Crippen molar-refractivity contribution in [3.8, 4) is 0 Å². The highest BCUT2D eigenvalue weighted by Crippen LogP contribution is 2.30. The van der Waals surface area contributed by atoms with E-state index in [-0.39, 0.29) is 12.0 Å². The molecule has 1 aromatic carbocycles. The highest BCUT2D eigenvalue weighted by atomic mass is 32.2. The van der Waals surface area contributed by atoms with Gasteiger partial charge in [-0.05, 0) is 56.4 Å². The second-order valence-corrected chi connectivity index (χ2v) is 8.31. The number of piperidine rings is 1. The first-order chi connectivity index (χ1) is 10.9. The van der Waals surface area contributed by atoms with Crippen molar-refractivity contribution in [2.45, 2.75) is 37.6 Å². The number of hydrogen-bond acceptors (Lipinski definition) is 4. The van der Waals surface area contributed by atoms with Crippen molar-refractivity contribution in [3.05, 3.63) is 36.0 Å². The van der Waals surface area contributed by atoms with E-state index in [1.807, 2.05) is 26.0 Å². The van der Waals surface area contributed by atoms with Crippen LogP contribution in [0, 0.1) is 12.8 Å². The van der Waals surface area contributed by atoms with Crippen LogP contribution in [0.15, 0.2) is 35.4 Å². The van der Waals surface area contributed by atoms with Gasteiger partial charge in [-0.2, -0.15) is 4.31 Å². The number of benzene rings is 1. The second kappa shape index (κ2) is 6.19. The van der Waals surface area contributed by atoms with E-state index in [1.165, 1.54) is 0 Å². The number of pyridine rings is 1. The molecule has 0 unspecified atom stereocenters. The van der Waals surface area contributed by atoms with Crippen LogP contribution in [0.3, 0.4) is 0 Å². The summed E-state index contributed by atoms with van der Waals surface area (Å²) in [6, 6.07) is 7.14. The van der Waals surface area contributed by atoms with Gasteiger partial charge < -0.3 is 5.73 Å². The molecule has 124 valence electrons. The highest BCUT2D eigenvalue weighted by Gasteiger charge is 2.32. The predicted octanol–water partition coefficient (Wildman–Crippen LogP) is 2.29. The molecular formula is C17H23N3O2S. The molecule has 1 aliphatic heterocycles. The topological polar surface area (TPSA) is 76.3 Å². The van der Waals surface area contributed by atoms with Crippen LogP contribution in [-0.2, 0) is 10.0 Å². The lowest BCUT2D eigenvalue weighted by Crippen LogP contribution is -2.45. The zero-order valence-corrected chi connectivity index (χ0v) is 14.4. The summed E-state index contributed by atoms with van der Waals surface area (Å²) in [6.07, 6.45) is 3.53. The third kappa shape index (κ3) is 2.98. The molecule has 2 atom stereocenters. The molecule has 1 fully saturated rings. The summed E-state index contributed by atoms with van der Waals surface area (Å²) in [5.41, 5.74) is 7.71. The van der Waals surface area contributed by atoms with Crippen molar-refractivity contribution < 1.29 is 8.42 Å². The molecule has 23 heavy (non-hydrogen) atoms. The Morgan fingerprint density at radius 1 is 1.35 bits per heavy atom. The van der Waals surface area contributed by atoms with E-state index in [0.717, 1.165) is 23.9 Å². The number of nitrogens with two attached hydrogens (primary N) is 1. The van der Waals surface area contributed by atoms with Gasteiger partial charge in [-0.15, -0.1) is 0 Å². The quantitative estimate of drug-likeness (QED) is 0.935. The fourth-order valence-corrected chi connectivity index (χ4v) is 4.99. The molecule has 5 nitrogen and oxygen atoms in total. The molecule has 0 radical (unpaired) electrons. The molecule has 1 saturated heterocycles. The summed E-state index contributed by atoms with van der Waals surface area (Å²) in [5.74, 6) is 0.216. The minimum absolute atomic E-state index is 0.00410. The van der Waals surface area contributed by atoms with Gasteiger partial charge >= 0.3 is 0 Å². The van der Waals surface area contributed by atoms with Crippen LogP contribution < -0.4 is 5.73 Å². The Balaban J connectivity index is 2.05. The maximum atomic E-state index is 13.1. The average Bonchev–Trinajstić information content (AvgIpc) is 2.55. The Kier molecular flexibility index (Phi) is 4.40. The van der Waals surface area contributed by atoms with Gasteiger partial charge in [0.2, 0.25) is 10.0 Å². The van der Waals surface area contributed by atoms with Crippen molar-refractivity contribution >= 4 is 20.9 Å². The normalized spacial score (nSPS) is 21.4. The number of aromatic nitrogens is 1. The monoisotopic (exact) mass is 333 g/mol. The summed E-state index contributed by atoms with van der Waals surface area (Å²) in [7, 11) is -3.53. The fraction of sp³-hybridized carbons (Fsp3) is 0.471. The summed E-state index contributed by atoms with van der Waals surface area (Å²) in [5, 5.41) is 0.690. The number of fused-ring (bicyclic) bond motifs is 1. The van der Waals surface area contributed by atoms with E-state index in [4.69, 9.17) is 5.73 Å². The standard InChI is InChI=1S/C17H23N3O2S/c1-12-7-8-16(15-6-3-9-19-17(12)15)23(21,22)20-10-4-5-14(11-20)13(2)18/h3,6-9,13-14H,4-5,10-11,18H2,1-2H3/t13-,14+/m1/s1. The van der Waals surface area contributed by atoms with Gasteiger partial charge in [0.1, 0.15) is 0 Å². The number of nitrogens with zero attached hydrogens (tertiary/aromatic N) is 2. The number of sulfonamides is 1. The molecule has 0 bridgehead atoms. The summed E-state index contributed by atoms with van der Waals surface area (Å²) in [6.45, 7) is 4.95. The Bertz CT molecular complexity index is 818. The van der Waals surface area contributed by atoms with Crippen molar-refractivity contribution in [3.63, 3.8) is 0 Å². The van der Waals surface area contributed by atoms with E-state index >= 15 is 0 Å². The molecule has 1 aliphatic rings. The zero-order valence-electron chi connectivity index (χ0n) is 13.6. The van der Waals surface area contributed by atoms with Gasteiger partial charge in [0.05, 0.1) is 10.4 Å². The third-order valence-corrected chi connectivity index (χ3v) is 6.64. The van der Waals surface area contributed by atoms with E-state index in [9.17, 15) is 8.42 Å². The molecule has 6 heteroatoms. The van der Waals surface area contributed by atoms with Crippen LogP contribution in [0.1, 0.15) is 25.3 Å². The van der Waals surface area contributed by atoms with Gasteiger partial charge in [0.25, 0.3) is 0 Å². The Morgan fingerprint density at radius 3 is 2.87 bits per heavy atom. The van der Waals surface area contributed by atoms with Crippen molar-refractivity contribution in [2.75, 3.05) is 13.1 Å². The van der Waals surface area contributed by atoms with Gasteiger partial charge in [-0.1, -0.05) is 6.07 Å². The highest BCUT2D eigenvalue weighted by molar-refractivity contribution is 7.89. The first-order valence-corrected chi connectivity index (χ1v) is 9.45. The Hall–Kier alpha value is -1.50. The van der Waals surface area contributed by atoms with Gasteiger partial charge in [0, 0.05) is 30.7 Å². The van der Waals surface area contributed by atoms with Crippen molar-refractivity contribution in [1.82, 2.24) is 9.29 Å². The fourth-order valence-electron chi connectivity index (χ4n) is 3.27. The lowest BCUT2D eigenvalue weighted by atomic mass is 9.93. The van der Waals surface area contributed by atoms with Crippen LogP contribution in [0.25, 0.3) is 10.9 Å². The summed E-state index contributed by atoms with van der Waals surface area (Å²) >= 11 is 0. The maximum absolute atomic E-state index is 13.1. The smallest absolute Gasteiger partial charge is 0.243 e. The van der Waals surface area contributed by atoms with E-state index in [1.54, 1.807) is 22.6 Å². The minimum atomic E-state index is -3.53. The first-order valence-electron chi connectivity index (χ1n) is 8.01. The largest absolute Gasteiger partial charge is 0.328 e. The predicted molar refractivity (Wildman–Crippen MR) is 91.6 cm³/mol. The summed E-state index contributed by atoms with van der Waals surface area (Å²) in [4.78, 5) is 4.68. The second-order valence-electron chi connectivity index (χ2n) is 6.40. The van der Waals surface area contributed by atoms with Gasteiger partial charge in [-0.3, -0.25) is 4.98 Å². The van der Waals surface area contributed by atoms with Crippen LogP contribution in [0.5, 0.6) is 0 Å².